The first kappa shape index (κ1) is 17.4. The second-order valence-corrected chi connectivity index (χ2v) is 5.85. The van der Waals surface area contributed by atoms with Gasteiger partial charge in [0.2, 0.25) is 0 Å². The highest BCUT2D eigenvalue weighted by atomic mass is 35.5. The van der Waals surface area contributed by atoms with Gasteiger partial charge in [0.25, 0.3) is 5.78 Å². The average molecular weight is 374 g/mol. The lowest BCUT2D eigenvalue weighted by Crippen LogP contribution is -2.34. The Balaban J connectivity index is 2.26. The molecule has 0 saturated carbocycles. The molecule has 132 valence electrons. The monoisotopic (exact) mass is 373 g/mol. The zero-order chi connectivity index (χ0) is 18.4. The number of aryl methyl sites for hydroxylation is 1. The van der Waals surface area contributed by atoms with Gasteiger partial charge in [0.15, 0.2) is 0 Å². The Labute approximate surface area is 144 Å². The van der Waals surface area contributed by atoms with Crippen molar-refractivity contribution in [1.29, 1.82) is 0 Å². The van der Waals surface area contributed by atoms with Crippen LogP contribution in [0.2, 0.25) is 5.15 Å². The highest BCUT2D eigenvalue weighted by Gasteiger charge is 2.37. The molecule has 0 fully saturated rings. The maximum atomic E-state index is 14.4. The molecule has 10 heteroatoms. The van der Waals surface area contributed by atoms with Gasteiger partial charge < -0.3 is 5.32 Å². The van der Waals surface area contributed by atoms with E-state index in [-0.39, 0.29) is 27.9 Å². The van der Waals surface area contributed by atoms with Crippen molar-refractivity contribution in [3.8, 4) is 11.1 Å². The van der Waals surface area contributed by atoms with Gasteiger partial charge in [-0.15, -0.1) is 0 Å². The molecule has 0 saturated heterocycles. The number of anilines is 1. The number of nitrogens with one attached hydrogen (secondary N) is 1. The quantitative estimate of drug-likeness (QED) is 0.550. The fourth-order valence-corrected chi connectivity index (χ4v) is 2.57. The van der Waals surface area contributed by atoms with Crippen molar-refractivity contribution in [2.24, 2.45) is 0 Å². The first-order valence-electron chi connectivity index (χ1n) is 7.17. The summed E-state index contributed by atoms with van der Waals surface area (Å²) in [5, 5.41) is 5.98. The molecule has 25 heavy (non-hydrogen) atoms. The molecule has 2 aromatic heterocycles. The summed E-state index contributed by atoms with van der Waals surface area (Å²) < 4.78 is 54.5. The lowest BCUT2D eigenvalue weighted by molar-refractivity contribution is -0.138. The smallest absolute Gasteiger partial charge is 0.358 e. The number of hydrogen-bond acceptors (Lipinski definition) is 4. The van der Waals surface area contributed by atoms with Crippen LogP contribution in [0.4, 0.5) is 23.4 Å². The third kappa shape index (κ3) is 3.23. The van der Waals surface area contributed by atoms with Crippen molar-refractivity contribution in [1.82, 2.24) is 19.6 Å². The number of aromatic nitrogens is 4. The van der Waals surface area contributed by atoms with E-state index in [0.29, 0.717) is 5.56 Å². The van der Waals surface area contributed by atoms with Crippen LogP contribution < -0.4 is 5.32 Å². The van der Waals surface area contributed by atoms with Crippen LogP contribution in [-0.2, 0) is 0 Å². The lowest BCUT2D eigenvalue weighted by Gasteiger charge is -2.21. The number of nitrogens with zero attached hydrogens (tertiary/aromatic N) is 4. The second-order valence-electron chi connectivity index (χ2n) is 5.49. The first-order chi connectivity index (χ1) is 11.7. The number of alkyl halides is 3. The zero-order valence-corrected chi connectivity index (χ0v) is 13.8. The minimum absolute atomic E-state index is 0.00172. The fraction of sp³-hybridized carbons (Fsp3) is 0.267. The third-order valence-corrected chi connectivity index (χ3v) is 3.89. The largest absolute Gasteiger partial charge is 0.408 e. The van der Waals surface area contributed by atoms with E-state index in [1.165, 1.54) is 12.1 Å². The van der Waals surface area contributed by atoms with Gasteiger partial charge in [0.1, 0.15) is 29.2 Å². The van der Waals surface area contributed by atoms with E-state index in [1.54, 1.807) is 13.0 Å². The molecule has 3 rings (SSSR count). The van der Waals surface area contributed by atoms with Gasteiger partial charge in [-0.1, -0.05) is 23.7 Å². The van der Waals surface area contributed by atoms with Crippen LogP contribution in [-0.4, -0.2) is 31.8 Å². The normalized spacial score (nSPS) is 13.2. The van der Waals surface area contributed by atoms with E-state index in [0.717, 1.165) is 17.8 Å². The Bertz CT molecular complexity index is 938. The Morgan fingerprint density at radius 1 is 1.28 bits per heavy atom. The zero-order valence-electron chi connectivity index (χ0n) is 13.1. The van der Waals surface area contributed by atoms with E-state index in [1.807, 2.05) is 0 Å². The van der Waals surface area contributed by atoms with E-state index >= 15 is 0 Å². The average Bonchev–Trinajstić information content (AvgIpc) is 2.95. The minimum atomic E-state index is -4.52. The Morgan fingerprint density at radius 2 is 2.00 bits per heavy atom. The minimum Gasteiger partial charge on any atom is -0.358 e. The SMILES string of the molecule is Cc1ccc(-c2c(Cl)nc3ncnn3c2N[C@@H](C)C(F)(F)F)c(F)c1. The molecule has 0 radical (unpaired) electrons. The maximum Gasteiger partial charge on any atom is 0.408 e. The number of hydrogen-bond donors (Lipinski definition) is 1. The van der Waals surface area contributed by atoms with E-state index in [4.69, 9.17) is 11.6 Å². The van der Waals surface area contributed by atoms with Gasteiger partial charge in [-0.3, -0.25) is 0 Å². The summed E-state index contributed by atoms with van der Waals surface area (Å²) in [5.74, 6) is -0.774. The summed E-state index contributed by atoms with van der Waals surface area (Å²) in [6.45, 7) is 2.63. The van der Waals surface area contributed by atoms with Crippen molar-refractivity contribution in [3.05, 3.63) is 41.1 Å². The van der Waals surface area contributed by atoms with Crippen molar-refractivity contribution in [2.75, 3.05) is 5.32 Å². The van der Waals surface area contributed by atoms with E-state index < -0.39 is 18.0 Å². The van der Waals surface area contributed by atoms with Crippen molar-refractivity contribution < 1.29 is 17.6 Å². The van der Waals surface area contributed by atoms with E-state index in [2.05, 4.69) is 20.4 Å². The number of fused-ring (bicyclic) bond motifs is 1. The van der Waals surface area contributed by atoms with Crippen molar-refractivity contribution >= 4 is 23.2 Å². The Morgan fingerprint density at radius 3 is 2.64 bits per heavy atom. The second kappa shape index (κ2) is 6.14. The van der Waals surface area contributed by atoms with Gasteiger partial charge in [-0.05, 0) is 25.5 Å². The summed E-state index contributed by atoms with van der Waals surface area (Å²) in [7, 11) is 0. The summed E-state index contributed by atoms with van der Waals surface area (Å²) in [6.07, 6.45) is -3.40. The van der Waals surface area contributed by atoms with Crippen molar-refractivity contribution in [2.45, 2.75) is 26.1 Å². The number of rotatable bonds is 3. The molecule has 0 amide bonds. The summed E-state index contributed by atoms with van der Waals surface area (Å²) in [6, 6.07) is 2.39. The van der Waals surface area contributed by atoms with Crippen LogP contribution in [0.15, 0.2) is 24.5 Å². The van der Waals surface area contributed by atoms with Crippen LogP contribution in [0.3, 0.4) is 0 Å². The highest BCUT2D eigenvalue weighted by molar-refractivity contribution is 6.33. The fourth-order valence-electron chi connectivity index (χ4n) is 2.30. The predicted octanol–water partition coefficient (Wildman–Crippen LogP) is 4.25. The molecule has 1 aromatic carbocycles. The molecular weight excluding hydrogens is 362 g/mol. The molecule has 0 bridgehead atoms. The first-order valence-corrected chi connectivity index (χ1v) is 7.55. The topological polar surface area (TPSA) is 55.1 Å². The van der Waals surface area contributed by atoms with Gasteiger partial charge in [-0.25, -0.2) is 4.39 Å². The summed E-state index contributed by atoms with van der Waals surface area (Å²) in [5.41, 5.74) is 0.649. The molecule has 0 aliphatic carbocycles. The van der Waals surface area contributed by atoms with Gasteiger partial charge in [0, 0.05) is 5.56 Å². The highest BCUT2D eigenvalue weighted by Crippen LogP contribution is 2.37. The molecule has 1 atom stereocenters. The van der Waals surface area contributed by atoms with Gasteiger partial charge >= 0.3 is 6.18 Å². The van der Waals surface area contributed by atoms with Crippen LogP contribution in [0.5, 0.6) is 0 Å². The molecule has 0 spiro atoms. The van der Waals surface area contributed by atoms with Crippen molar-refractivity contribution in [3.63, 3.8) is 0 Å². The van der Waals surface area contributed by atoms with Crippen LogP contribution >= 0.6 is 11.6 Å². The van der Waals surface area contributed by atoms with Crippen LogP contribution in [0.25, 0.3) is 16.9 Å². The number of halogens is 5. The van der Waals surface area contributed by atoms with Crippen LogP contribution in [0.1, 0.15) is 12.5 Å². The van der Waals surface area contributed by atoms with E-state index in [9.17, 15) is 17.6 Å². The number of benzene rings is 1. The molecule has 0 unspecified atom stereocenters. The van der Waals surface area contributed by atoms with Gasteiger partial charge in [-0.2, -0.15) is 32.8 Å². The Hall–Kier alpha value is -2.42. The van der Waals surface area contributed by atoms with Crippen LogP contribution in [0, 0.1) is 12.7 Å². The molecule has 1 N–H and O–H groups in total. The third-order valence-electron chi connectivity index (χ3n) is 3.62. The molecular formula is C15H12ClF4N5. The molecule has 0 aliphatic rings. The molecule has 2 heterocycles. The standard InChI is InChI=1S/C15H12ClF4N5/c1-7-3-4-9(10(17)5-7)11-12(16)24-14-21-6-22-25(14)13(11)23-8(2)15(18,19)20/h3-6,8,23H,1-2H3/t8-/m0/s1. The Kier molecular flexibility index (Phi) is 4.28. The molecule has 5 nitrogen and oxygen atoms in total. The molecule has 3 aromatic rings. The molecule has 0 aliphatic heterocycles. The predicted molar refractivity (Wildman–Crippen MR) is 85.1 cm³/mol. The summed E-state index contributed by atoms with van der Waals surface area (Å²) in [4.78, 5) is 7.79. The lowest BCUT2D eigenvalue weighted by atomic mass is 10.0. The van der Waals surface area contributed by atoms with Gasteiger partial charge in [0.05, 0.1) is 5.56 Å². The summed E-state index contributed by atoms with van der Waals surface area (Å²) >= 11 is 6.13. The maximum absolute atomic E-state index is 14.4.